The van der Waals surface area contributed by atoms with Crippen molar-refractivity contribution < 1.29 is 0 Å². The maximum atomic E-state index is 5.67. The number of amidine groups is 1. The molecular formula is C7H6ClN3. The standard InChI is InChI=1S/C7H6ClN3/c8-6-3-5(9)4-1-2-10-7(4)11-6/h1-4H,9H2/t4-/m1/s1. The first-order valence-electron chi connectivity index (χ1n) is 3.23. The lowest BCUT2D eigenvalue weighted by atomic mass is 10.0. The van der Waals surface area contributed by atoms with E-state index in [1.165, 1.54) is 0 Å². The van der Waals surface area contributed by atoms with E-state index in [1.807, 2.05) is 6.08 Å². The molecule has 0 amide bonds. The largest absolute Gasteiger partial charge is 0.401 e. The molecule has 0 aromatic heterocycles. The normalized spacial score (nSPS) is 27.4. The van der Waals surface area contributed by atoms with E-state index in [1.54, 1.807) is 12.3 Å². The van der Waals surface area contributed by atoms with Gasteiger partial charge in [-0.05, 0) is 12.2 Å². The Morgan fingerprint density at radius 1 is 1.55 bits per heavy atom. The third kappa shape index (κ3) is 0.973. The van der Waals surface area contributed by atoms with Gasteiger partial charge in [-0.2, -0.15) is 0 Å². The lowest BCUT2D eigenvalue weighted by Crippen LogP contribution is -2.21. The van der Waals surface area contributed by atoms with Crippen LogP contribution in [0.3, 0.4) is 0 Å². The van der Waals surface area contributed by atoms with Crippen LogP contribution in [0.5, 0.6) is 0 Å². The van der Waals surface area contributed by atoms with Crippen LogP contribution in [-0.2, 0) is 0 Å². The van der Waals surface area contributed by atoms with E-state index in [2.05, 4.69) is 9.98 Å². The molecule has 2 rings (SSSR count). The van der Waals surface area contributed by atoms with Gasteiger partial charge in [-0.3, -0.25) is 0 Å². The van der Waals surface area contributed by atoms with Crippen LogP contribution in [-0.4, -0.2) is 11.0 Å². The van der Waals surface area contributed by atoms with Crippen molar-refractivity contribution in [2.75, 3.05) is 0 Å². The maximum Gasteiger partial charge on any atom is 0.142 e. The van der Waals surface area contributed by atoms with Gasteiger partial charge in [-0.15, -0.1) is 0 Å². The van der Waals surface area contributed by atoms with Crippen molar-refractivity contribution in [3.63, 3.8) is 0 Å². The molecule has 0 bridgehead atoms. The van der Waals surface area contributed by atoms with Gasteiger partial charge in [-0.1, -0.05) is 11.6 Å². The summed E-state index contributed by atoms with van der Waals surface area (Å²) < 4.78 is 0. The Bertz CT molecular complexity index is 312. The Kier molecular flexibility index (Phi) is 1.32. The molecule has 56 valence electrons. The Hall–Kier alpha value is -1.09. The van der Waals surface area contributed by atoms with Crippen LogP contribution in [0, 0.1) is 5.92 Å². The zero-order valence-electron chi connectivity index (χ0n) is 5.66. The van der Waals surface area contributed by atoms with E-state index in [4.69, 9.17) is 17.3 Å². The molecule has 2 N–H and O–H groups in total. The second kappa shape index (κ2) is 2.20. The SMILES string of the molecule is NC1=CC(Cl)=NC2=NC=C[C@H]12. The van der Waals surface area contributed by atoms with E-state index >= 15 is 0 Å². The molecule has 0 saturated carbocycles. The fourth-order valence-corrected chi connectivity index (χ4v) is 1.31. The number of hydrogen-bond donors (Lipinski definition) is 1. The van der Waals surface area contributed by atoms with Crippen molar-refractivity contribution >= 4 is 22.6 Å². The van der Waals surface area contributed by atoms with Gasteiger partial charge in [0.15, 0.2) is 0 Å². The number of allylic oxidation sites excluding steroid dienone is 1. The molecule has 0 aromatic carbocycles. The summed E-state index contributed by atoms with van der Waals surface area (Å²) in [6, 6.07) is 0. The van der Waals surface area contributed by atoms with E-state index in [0.717, 1.165) is 0 Å². The summed E-state index contributed by atoms with van der Waals surface area (Å²) in [5, 5.41) is 0.404. The van der Waals surface area contributed by atoms with E-state index in [0.29, 0.717) is 16.7 Å². The molecule has 0 unspecified atom stereocenters. The quantitative estimate of drug-likeness (QED) is 0.576. The van der Waals surface area contributed by atoms with Gasteiger partial charge < -0.3 is 5.73 Å². The highest BCUT2D eigenvalue weighted by atomic mass is 35.5. The lowest BCUT2D eigenvalue weighted by Gasteiger charge is -2.12. The van der Waals surface area contributed by atoms with Crippen LogP contribution in [0.4, 0.5) is 0 Å². The summed E-state index contributed by atoms with van der Waals surface area (Å²) in [5.74, 6) is 0.743. The van der Waals surface area contributed by atoms with Crippen molar-refractivity contribution in [2.45, 2.75) is 0 Å². The smallest absolute Gasteiger partial charge is 0.142 e. The third-order valence-electron chi connectivity index (χ3n) is 1.63. The number of aliphatic imine (C=N–C) groups is 2. The van der Waals surface area contributed by atoms with Gasteiger partial charge in [0.1, 0.15) is 11.0 Å². The molecule has 4 heteroatoms. The first kappa shape index (κ1) is 6.61. The molecule has 1 atom stereocenters. The molecular weight excluding hydrogens is 162 g/mol. The molecule has 2 heterocycles. The lowest BCUT2D eigenvalue weighted by molar-refractivity contribution is 0.997. The van der Waals surface area contributed by atoms with Gasteiger partial charge in [-0.25, -0.2) is 9.98 Å². The third-order valence-corrected chi connectivity index (χ3v) is 1.82. The zero-order valence-corrected chi connectivity index (χ0v) is 6.42. The van der Waals surface area contributed by atoms with E-state index < -0.39 is 0 Å². The molecule has 0 saturated heterocycles. The topological polar surface area (TPSA) is 50.7 Å². The van der Waals surface area contributed by atoms with E-state index in [9.17, 15) is 0 Å². The number of nitrogens with zero attached hydrogens (tertiary/aromatic N) is 2. The van der Waals surface area contributed by atoms with Crippen molar-refractivity contribution in [2.24, 2.45) is 21.6 Å². The van der Waals surface area contributed by atoms with Gasteiger partial charge in [0, 0.05) is 11.9 Å². The first-order valence-corrected chi connectivity index (χ1v) is 3.61. The second-order valence-electron chi connectivity index (χ2n) is 2.39. The minimum absolute atomic E-state index is 0.0532. The second-order valence-corrected chi connectivity index (χ2v) is 2.77. The monoisotopic (exact) mass is 167 g/mol. The highest BCUT2D eigenvalue weighted by Crippen LogP contribution is 2.21. The zero-order chi connectivity index (χ0) is 7.84. The number of dihydropyridines is 1. The van der Waals surface area contributed by atoms with Crippen LogP contribution < -0.4 is 5.73 Å². The van der Waals surface area contributed by atoms with Crippen molar-refractivity contribution in [3.8, 4) is 0 Å². The fraction of sp³-hybridized carbons (Fsp3) is 0.143. The average Bonchev–Trinajstić information content (AvgIpc) is 2.34. The van der Waals surface area contributed by atoms with Gasteiger partial charge >= 0.3 is 0 Å². The van der Waals surface area contributed by atoms with Crippen molar-refractivity contribution in [3.05, 3.63) is 24.0 Å². The van der Waals surface area contributed by atoms with Crippen LogP contribution in [0.2, 0.25) is 0 Å². The van der Waals surface area contributed by atoms with Gasteiger partial charge in [0.2, 0.25) is 0 Å². The first-order chi connectivity index (χ1) is 5.27. The Labute approximate surface area is 69.0 Å². The number of fused-ring (bicyclic) bond motifs is 1. The number of rotatable bonds is 0. The Balaban J connectivity index is 2.45. The average molecular weight is 168 g/mol. The van der Waals surface area contributed by atoms with Gasteiger partial charge in [0.25, 0.3) is 0 Å². The number of hydrogen-bond acceptors (Lipinski definition) is 3. The molecule has 3 nitrogen and oxygen atoms in total. The van der Waals surface area contributed by atoms with E-state index in [-0.39, 0.29) is 5.92 Å². The van der Waals surface area contributed by atoms with Gasteiger partial charge in [0.05, 0.1) is 5.92 Å². The molecule has 0 aromatic rings. The summed E-state index contributed by atoms with van der Waals surface area (Å²) in [5.41, 5.74) is 6.38. The van der Waals surface area contributed by atoms with Crippen molar-refractivity contribution in [1.82, 2.24) is 0 Å². The molecule has 0 fully saturated rings. The number of nitrogens with two attached hydrogens (primary N) is 1. The predicted octanol–water partition coefficient (Wildman–Crippen LogP) is 1.02. The number of halogens is 1. The summed E-state index contributed by atoms with van der Waals surface area (Å²) in [4.78, 5) is 8.01. The Morgan fingerprint density at radius 2 is 2.36 bits per heavy atom. The minimum atomic E-state index is 0.0532. The maximum absolute atomic E-state index is 5.67. The summed E-state index contributed by atoms with van der Waals surface area (Å²) >= 11 is 5.66. The van der Waals surface area contributed by atoms with Crippen LogP contribution >= 0.6 is 11.6 Å². The fourth-order valence-electron chi connectivity index (χ4n) is 1.10. The molecule has 0 aliphatic carbocycles. The summed E-state index contributed by atoms with van der Waals surface area (Å²) in [6.45, 7) is 0. The molecule has 11 heavy (non-hydrogen) atoms. The molecule has 0 radical (unpaired) electrons. The predicted molar refractivity (Wildman–Crippen MR) is 45.6 cm³/mol. The summed E-state index contributed by atoms with van der Waals surface area (Å²) in [6.07, 6.45) is 5.24. The summed E-state index contributed by atoms with van der Waals surface area (Å²) in [7, 11) is 0. The molecule has 2 aliphatic rings. The highest BCUT2D eigenvalue weighted by Gasteiger charge is 2.22. The van der Waals surface area contributed by atoms with Crippen molar-refractivity contribution in [1.29, 1.82) is 0 Å². The molecule has 0 spiro atoms. The minimum Gasteiger partial charge on any atom is -0.401 e. The van der Waals surface area contributed by atoms with Crippen LogP contribution in [0.25, 0.3) is 0 Å². The highest BCUT2D eigenvalue weighted by molar-refractivity contribution is 6.69. The Morgan fingerprint density at radius 3 is 3.18 bits per heavy atom. The van der Waals surface area contributed by atoms with Crippen LogP contribution in [0.15, 0.2) is 34.0 Å². The van der Waals surface area contributed by atoms with Crippen LogP contribution in [0.1, 0.15) is 0 Å². The molecule has 2 aliphatic heterocycles.